The van der Waals surface area contributed by atoms with Gasteiger partial charge in [0.25, 0.3) is 5.91 Å². The number of benzene rings is 1. The van der Waals surface area contributed by atoms with Gasteiger partial charge >= 0.3 is 0 Å². The topological polar surface area (TPSA) is 60.2 Å². The van der Waals surface area contributed by atoms with Gasteiger partial charge in [0.05, 0.1) is 11.1 Å². The van der Waals surface area contributed by atoms with Gasteiger partial charge < -0.3 is 9.64 Å². The number of rotatable bonds is 4. The average Bonchev–Trinajstić information content (AvgIpc) is 2.92. The number of hydrogen-bond acceptors (Lipinski definition) is 4. The lowest BCUT2D eigenvalue weighted by Gasteiger charge is -2.24. The van der Waals surface area contributed by atoms with E-state index in [-0.39, 0.29) is 5.91 Å². The number of carbonyl (C=O) groups is 1. The number of fused-ring (bicyclic) bond motifs is 1. The van der Waals surface area contributed by atoms with E-state index in [1.807, 2.05) is 50.1 Å². The molecule has 0 N–H and O–H groups in total. The van der Waals surface area contributed by atoms with Crippen LogP contribution in [0.15, 0.2) is 36.4 Å². The molecule has 152 valence electrons. The van der Waals surface area contributed by atoms with Crippen LogP contribution in [0.1, 0.15) is 38.3 Å². The third-order valence-electron chi connectivity index (χ3n) is 5.59. The maximum absolute atomic E-state index is 12.9. The van der Waals surface area contributed by atoms with Gasteiger partial charge in [0.15, 0.2) is 11.8 Å². The lowest BCUT2D eigenvalue weighted by Crippen LogP contribution is -2.41. The number of ether oxygens (including phenoxy) is 1. The van der Waals surface area contributed by atoms with Crippen molar-refractivity contribution < 1.29 is 9.53 Å². The molecule has 1 amide bonds. The summed E-state index contributed by atoms with van der Waals surface area (Å²) in [4.78, 5) is 19.5. The Morgan fingerprint density at radius 1 is 1.10 bits per heavy atom. The highest BCUT2D eigenvalue weighted by Gasteiger charge is 2.24. The Bertz CT molecular complexity index is 1000. The van der Waals surface area contributed by atoms with E-state index in [0.717, 1.165) is 53.8 Å². The molecule has 1 aliphatic heterocycles. The Labute approximate surface area is 171 Å². The van der Waals surface area contributed by atoms with Crippen molar-refractivity contribution in [2.75, 3.05) is 13.1 Å². The summed E-state index contributed by atoms with van der Waals surface area (Å²) < 4.78 is 7.83. The van der Waals surface area contributed by atoms with Crippen LogP contribution in [0.5, 0.6) is 5.88 Å². The molecule has 1 aliphatic rings. The number of hydrogen-bond donors (Lipinski definition) is 0. The van der Waals surface area contributed by atoms with Crippen LogP contribution in [0.25, 0.3) is 22.2 Å². The van der Waals surface area contributed by atoms with Gasteiger partial charge in [-0.3, -0.25) is 9.48 Å². The number of aryl methyl sites for hydroxylation is 2. The molecule has 0 radical (unpaired) electrons. The average molecular weight is 393 g/mol. The molecule has 2 aromatic heterocycles. The van der Waals surface area contributed by atoms with E-state index in [1.165, 1.54) is 12.8 Å². The first-order valence-electron chi connectivity index (χ1n) is 10.4. The molecule has 0 bridgehead atoms. The smallest absolute Gasteiger partial charge is 0.263 e. The standard InChI is InChI=1S/C23H28N4O2/c1-16-21-19(18-11-7-6-8-12-18)15-20(24-22(21)26(3)25-16)29-17(2)23(28)27-13-9-4-5-10-14-27/h6-8,11-12,15,17H,4-5,9-10,13-14H2,1-3H3. The van der Waals surface area contributed by atoms with Gasteiger partial charge in [-0.2, -0.15) is 10.1 Å². The SMILES string of the molecule is Cc1nn(C)c2nc(OC(C)C(=O)N3CCCCCC3)cc(-c3ccccc3)c12. The van der Waals surface area contributed by atoms with Crippen LogP contribution < -0.4 is 4.74 Å². The number of aromatic nitrogens is 3. The summed E-state index contributed by atoms with van der Waals surface area (Å²) in [5.41, 5.74) is 3.78. The molecule has 1 saturated heterocycles. The summed E-state index contributed by atoms with van der Waals surface area (Å²) in [5, 5.41) is 5.55. The van der Waals surface area contributed by atoms with Crippen molar-refractivity contribution >= 4 is 16.9 Å². The quantitative estimate of drug-likeness (QED) is 0.670. The molecule has 6 nitrogen and oxygen atoms in total. The van der Waals surface area contributed by atoms with E-state index >= 15 is 0 Å². The molecule has 4 rings (SSSR count). The molecule has 29 heavy (non-hydrogen) atoms. The first kappa shape index (κ1) is 19.4. The zero-order chi connectivity index (χ0) is 20.4. The number of amides is 1. The van der Waals surface area contributed by atoms with Crippen molar-refractivity contribution in [1.29, 1.82) is 0 Å². The summed E-state index contributed by atoms with van der Waals surface area (Å²) in [5.74, 6) is 0.492. The second-order valence-corrected chi connectivity index (χ2v) is 7.78. The van der Waals surface area contributed by atoms with Crippen LogP contribution in [0, 0.1) is 6.92 Å². The van der Waals surface area contributed by atoms with E-state index < -0.39 is 6.10 Å². The van der Waals surface area contributed by atoms with Gasteiger partial charge in [0.2, 0.25) is 5.88 Å². The molecule has 1 unspecified atom stereocenters. The second kappa shape index (κ2) is 8.23. The lowest BCUT2D eigenvalue weighted by atomic mass is 10.0. The van der Waals surface area contributed by atoms with Crippen LogP contribution in [0.3, 0.4) is 0 Å². The van der Waals surface area contributed by atoms with Crippen LogP contribution in [-0.2, 0) is 11.8 Å². The molecule has 1 fully saturated rings. The maximum atomic E-state index is 12.9. The van der Waals surface area contributed by atoms with Crippen LogP contribution in [0.4, 0.5) is 0 Å². The van der Waals surface area contributed by atoms with Crippen LogP contribution in [0.2, 0.25) is 0 Å². The minimum Gasteiger partial charge on any atom is -0.464 e. The summed E-state index contributed by atoms with van der Waals surface area (Å²) >= 11 is 0. The van der Waals surface area contributed by atoms with E-state index in [1.54, 1.807) is 4.68 Å². The van der Waals surface area contributed by atoms with Gasteiger partial charge in [-0.1, -0.05) is 43.2 Å². The van der Waals surface area contributed by atoms with Crippen molar-refractivity contribution in [3.8, 4) is 17.0 Å². The second-order valence-electron chi connectivity index (χ2n) is 7.78. The first-order chi connectivity index (χ1) is 14.0. The van der Waals surface area contributed by atoms with E-state index in [2.05, 4.69) is 22.2 Å². The molecule has 0 spiro atoms. The van der Waals surface area contributed by atoms with Gasteiger partial charge in [0, 0.05) is 26.2 Å². The fraction of sp³-hybridized carbons (Fsp3) is 0.435. The minimum atomic E-state index is -0.573. The first-order valence-corrected chi connectivity index (χ1v) is 10.4. The number of nitrogens with zero attached hydrogens (tertiary/aromatic N) is 4. The molecule has 1 atom stereocenters. The molecule has 0 saturated carbocycles. The highest BCUT2D eigenvalue weighted by Crippen LogP contribution is 2.33. The largest absolute Gasteiger partial charge is 0.464 e. The molecule has 3 aromatic rings. The number of likely N-dealkylation sites (tertiary alicyclic amines) is 1. The van der Waals surface area contributed by atoms with E-state index in [0.29, 0.717) is 5.88 Å². The summed E-state index contributed by atoms with van der Waals surface area (Å²) in [6.45, 7) is 5.43. The third-order valence-corrected chi connectivity index (χ3v) is 5.59. The van der Waals surface area contributed by atoms with Crippen molar-refractivity contribution in [2.45, 2.75) is 45.6 Å². The van der Waals surface area contributed by atoms with Crippen molar-refractivity contribution in [3.05, 3.63) is 42.1 Å². The van der Waals surface area contributed by atoms with Gasteiger partial charge in [-0.15, -0.1) is 0 Å². The Morgan fingerprint density at radius 2 is 1.79 bits per heavy atom. The van der Waals surface area contributed by atoms with Crippen LogP contribution in [-0.4, -0.2) is 44.8 Å². The summed E-state index contributed by atoms with van der Waals surface area (Å²) in [7, 11) is 1.88. The zero-order valence-electron chi connectivity index (χ0n) is 17.4. The fourth-order valence-corrected chi connectivity index (χ4v) is 4.11. The highest BCUT2D eigenvalue weighted by molar-refractivity contribution is 5.95. The van der Waals surface area contributed by atoms with E-state index in [9.17, 15) is 4.79 Å². The molecule has 0 aliphatic carbocycles. The monoisotopic (exact) mass is 392 g/mol. The molecule has 3 heterocycles. The Morgan fingerprint density at radius 3 is 2.48 bits per heavy atom. The Balaban J connectivity index is 1.67. The Kier molecular flexibility index (Phi) is 5.51. The summed E-state index contributed by atoms with van der Waals surface area (Å²) in [6.07, 6.45) is 3.94. The predicted octanol–water partition coefficient (Wildman–Crippen LogP) is 4.11. The Hall–Kier alpha value is -2.89. The zero-order valence-corrected chi connectivity index (χ0v) is 17.4. The van der Waals surface area contributed by atoms with Crippen LogP contribution >= 0.6 is 0 Å². The minimum absolute atomic E-state index is 0.0382. The lowest BCUT2D eigenvalue weighted by molar-refractivity contribution is -0.138. The maximum Gasteiger partial charge on any atom is 0.263 e. The summed E-state index contributed by atoms with van der Waals surface area (Å²) in [6, 6.07) is 12.1. The third kappa shape index (κ3) is 3.97. The normalized spacial score (nSPS) is 15.9. The fourth-order valence-electron chi connectivity index (χ4n) is 4.11. The van der Waals surface area contributed by atoms with Gasteiger partial charge in [-0.25, -0.2) is 0 Å². The van der Waals surface area contributed by atoms with Crippen molar-refractivity contribution in [3.63, 3.8) is 0 Å². The van der Waals surface area contributed by atoms with E-state index in [4.69, 9.17) is 4.74 Å². The predicted molar refractivity (Wildman–Crippen MR) is 114 cm³/mol. The highest BCUT2D eigenvalue weighted by atomic mass is 16.5. The van der Waals surface area contributed by atoms with Gasteiger partial charge in [0.1, 0.15) is 0 Å². The molecule has 1 aromatic carbocycles. The molecular weight excluding hydrogens is 364 g/mol. The number of pyridine rings is 1. The van der Waals surface area contributed by atoms with Gasteiger partial charge in [-0.05, 0) is 37.8 Å². The van der Waals surface area contributed by atoms with Crippen molar-refractivity contribution in [1.82, 2.24) is 19.7 Å². The molecule has 6 heteroatoms. The number of carbonyl (C=O) groups excluding carboxylic acids is 1. The molecular formula is C23H28N4O2. The van der Waals surface area contributed by atoms with Crippen molar-refractivity contribution in [2.24, 2.45) is 7.05 Å².